The molecule has 23 heavy (non-hydrogen) atoms. The molecule has 0 amide bonds. The van der Waals surface area contributed by atoms with Gasteiger partial charge in [-0.1, -0.05) is 30.6 Å². The van der Waals surface area contributed by atoms with E-state index in [4.69, 9.17) is 11.2 Å². The van der Waals surface area contributed by atoms with Crippen LogP contribution in [0, 0.1) is 11.7 Å². The summed E-state index contributed by atoms with van der Waals surface area (Å²) in [6.07, 6.45) is 3.68. The van der Waals surface area contributed by atoms with E-state index in [1.54, 1.807) is 6.07 Å². The number of hydrogen-bond acceptors (Lipinski definition) is 3. The Hall–Kier alpha value is -1.27. The van der Waals surface area contributed by atoms with Crippen molar-refractivity contribution in [3.8, 4) is 0 Å². The first-order valence-corrected chi connectivity index (χ1v) is 10.6. The number of rotatable bonds is 3. The molecule has 2 aromatic rings. The second-order valence-corrected chi connectivity index (χ2v) is 9.61. The molecule has 1 aliphatic heterocycles. The summed E-state index contributed by atoms with van der Waals surface area (Å²) in [5.41, 5.74) is 3.50. The van der Waals surface area contributed by atoms with Gasteiger partial charge in [-0.2, -0.15) is 5.10 Å². The number of nitrogens with one attached hydrogen (secondary N) is 2. The molecule has 1 aliphatic carbocycles. The van der Waals surface area contributed by atoms with Crippen LogP contribution in [-0.4, -0.2) is 10.2 Å². The maximum Gasteiger partial charge on any atom is 0.152 e. The number of H-pyrrole nitrogens is 1. The third-order valence-electron chi connectivity index (χ3n) is 4.96. The van der Waals surface area contributed by atoms with Gasteiger partial charge in [0, 0.05) is 34.7 Å². The lowest BCUT2D eigenvalue weighted by Crippen LogP contribution is -1.98. The molecule has 0 bridgehead atoms. The highest BCUT2D eigenvalue weighted by molar-refractivity contribution is 8.28. The van der Waals surface area contributed by atoms with Crippen LogP contribution in [-0.2, 0) is 32.1 Å². The minimum atomic E-state index is -0.165. The average molecular weight is 350 g/mol. The molecular formula is C17H20FN3S2. The molecule has 1 aromatic heterocycles. The molecule has 2 aliphatic rings. The SMILES string of the molecule is CC1CCC(c2cc(Nc3ccc4c(c3F)CS(=S)C4)n[nH]2)C1. The average Bonchev–Trinajstić information content (AvgIpc) is 3.21. The summed E-state index contributed by atoms with van der Waals surface area (Å²) in [5, 5.41) is 10.5. The fourth-order valence-electron chi connectivity index (χ4n) is 3.67. The summed E-state index contributed by atoms with van der Waals surface area (Å²) in [6, 6.07) is 5.82. The number of fused-ring (bicyclic) bond motifs is 1. The fraction of sp³-hybridized carbons (Fsp3) is 0.471. The second kappa shape index (κ2) is 5.98. The van der Waals surface area contributed by atoms with Crippen LogP contribution in [0.15, 0.2) is 18.2 Å². The van der Waals surface area contributed by atoms with Gasteiger partial charge in [-0.05, 0) is 30.4 Å². The normalized spacial score (nSPS) is 26.4. The Morgan fingerprint density at radius 3 is 3.00 bits per heavy atom. The maximum atomic E-state index is 14.6. The molecule has 1 saturated carbocycles. The summed E-state index contributed by atoms with van der Waals surface area (Å²) in [6.45, 7) is 2.29. The van der Waals surface area contributed by atoms with E-state index in [1.165, 1.54) is 19.3 Å². The van der Waals surface area contributed by atoms with Gasteiger partial charge in [-0.3, -0.25) is 5.10 Å². The van der Waals surface area contributed by atoms with Gasteiger partial charge in [0.1, 0.15) is 0 Å². The molecule has 3 unspecified atom stereocenters. The number of aromatic nitrogens is 2. The van der Waals surface area contributed by atoms with Gasteiger partial charge in [0.2, 0.25) is 0 Å². The van der Waals surface area contributed by atoms with Crippen molar-refractivity contribution < 1.29 is 4.39 Å². The van der Waals surface area contributed by atoms with Gasteiger partial charge in [0.05, 0.1) is 5.69 Å². The van der Waals surface area contributed by atoms with Gasteiger partial charge in [-0.15, -0.1) is 9.45 Å². The molecule has 2 heterocycles. The highest BCUT2D eigenvalue weighted by atomic mass is 32.8. The predicted molar refractivity (Wildman–Crippen MR) is 96.2 cm³/mol. The van der Waals surface area contributed by atoms with Gasteiger partial charge < -0.3 is 5.32 Å². The van der Waals surface area contributed by atoms with Crippen LogP contribution in [0.2, 0.25) is 0 Å². The standard InChI is InChI=1S/C17H20FN3S2/c1-10-2-3-11(6-10)15-7-16(21-20-15)19-14-5-4-12-8-23(22)9-13(12)17(14)18/h4-5,7,10-11H,2-3,6,8-9H2,1H3,(H2,19,20,21). The zero-order valence-electron chi connectivity index (χ0n) is 13.1. The third kappa shape index (κ3) is 2.94. The van der Waals surface area contributed by atoms with Crippen molar-refractivity contribution in [3.05, 3.63) is 40.8 Å². The van der Waals surface area contributed by atoms with Crippen LogP contribution in [0.4, 0.5) is 15.9 Å². The summed E-state index contributed by atoms with van der Waals surface area (Å²) in [7, 11) is -0.142. The first kappa shape index (κ1) is 15.3. The van der Waals surface area contributed by atoms with E-state index in [2.05, 4.69) is 22.4 Å². The first-order chi connectivity index (χ1) is 11.1. The predicted octanol–water partition coefficient (Wildman–Crippen LogP) is 4.29. The summed E-state index contributed by atoms with van der Waals surface area (Å²) < 4.78 is 14.6. The van der Waals surface area contributed by atoms with Crippen LogP contribution in [0.1, 0.15) is 48.9 Å². The van der Waals surface area contributed by atoms with Gasteiger partial charge >= 0.3 is 0 Å². The topological polar surface area (TPSA) is 40.7 Å². The number of anilines is 2. The Kier molecular flexibility index (Phi) is 3.97. The van der Waals surface area contributed by atoms with Crippen molar-refractivity contribution in [3.63, 3.8) is 0 Å². The lowest BCUT2D eigenvalue weighted by Gasteiger charge is -2.08. The minimum Gasteiger partial charge on any atom is -0.336 e. The van der Waals surface area contributed by atoms with E-state index >= 15 is 0 Å². The molecule has 0 radical (unpaired) electrons. The van der Waals surface area contributed by atoms with Crippen molar-refractivity contribution in [1.29, 1.82) is 0 Å². The largest absolute Gasteiger partial charge is 0.336 e. The number of benzene rings is 1. The monoisotopic (exact) mass is 349 g/mol. The van der Waals surface area contributed by atoms with Gasteiger partial charge in [0.25, 0.3) is 0 Å². The zero-order chi connectivity index (χ0) is 16.0. The quantitative estimate of drug-likeness (QED) is 0.868. The summed E-state index contributed by atoms with van der Waals surface area (Å²) in [4.78, 5) is 0. The van der Waals surface area contributed by atoms with Gasteiger partial charge in [-0.25, -0.2) is 4.39 Å². The van der Waals surface area contributed by atoms with Crippen LogP contribution >= 0.6 is 0 Å². The lowest BCUT2D eigenvalue weighted by atomic mass is 10.0. The summed E-state index contributed by atoms with van der Waals surface area (Å²) >= 11 is 5.34. The van der Waals surface area contributed by atoms with E-state index < -0.39 is 0 Å². The molecule has 0 saturated heterocycles. The van der Waals surface area contributed by atoms with Crippen molar-refractivity contribution >= 4 is 32.1 Å². The highest BCUT2D eigenvalue weighted by Crippen LogP contribution is 2.38. The van der Waals surface area contributed by atoms with Gasteiger partial charge in [0.15, 0.2) is 11.6 Å². The Labute approximate surface area is 142 Å². The van der Waals surface area contributed by atoms with Crippen LogP contribution in [0.5, 0.6) is 0 Å². The molecular weight excluding hydrogens is 329 g/mol. The van der Waals surface area contributed by atoms with Crippen LogP contribution in [0.25, 0.3) is 0 Å². The number of aromatic amines is 1. The van der Waals surface area contributed by atoms with Crippen molar-refractivity contribution in [1.82, 2.24) is 10.2 Å². The van der Waals surface area contributed by atoms with Crippen molar-refractivity contribution in [2.24, 2.45) is 5.92 Å². The molecule has 122 valence electrons. The maximum absolute atomic E-state index is 14.6. The first-order valence-electron chi connectivity index (χ1n) is 8.07. The smallest absolute Gasteiger partial charge is 0.152 e. The Bertz CT molecular complexity index is 771. The van der Waals surface area contributed by atoms with Crippen LogP contribution < -0.4 is 5.32 Å². The Morgan fingerprint density at radius 2 is 2.22 bits per heavy atom. The minimum absolute atomic E-state index is 0.142. The molecule has 3 atom stereocenters. The van der Waals surface area contributed by atoms with Crippen molar-refractivity contribution in [2.45, 2.75) is 43.6 Å². The van der Waals surface area contributed by atoms with E-state index in [1.807, 2.05) is 12.1 Å². The van der Waals surface area contributed by atoms with Crippen molar-refractivity contribution in [2.75, 3.05) is 5.32 Å². The highest BCUT2D eigenvalue weighted by Gasteiger charge is 2.25. The molecule has 1 aromatic carbocycles. The molecule has 3 nitrogen and oxygen atoms in total. The number of nitrogens with zero attached hydrogens (tertiary/aromatic N) is 1. The van der Waals surface area contributed by atoms with Crippen LogP contribution in [0.3, 0.4) is 0 Å². The Morgan fingerprint density at radius 1 is 1.35 bits per heavy atom. The molecule has 4 rings (SSSR count). The summed E-state index contributed by atoms with van der Waals surface area (Å²) in [5.74, 6) is 3.36. The second-order valence-electron chi connectivity index (χ2n) is 6.74. The number of hydrogen-bond donors (Lipinski definition) is 2. The van der Waals surface area contributed by atoms with E-state index in [0.717, 1.165) is 28.5 Å². The van der Waals surface area contributed by atoms with E-state index in [-0.39, 0.29) is 15.3 Å². The molecule has 6 heteroatoms. The van der Waals surface area contributed by atoms with E-state index in [0.29, 0.717) is 23.2 Å². The molecule has 0 spiro atoms. The third-order valence-corrected chi connectivity index (χ3v) is 6.91. The molecule has 2 N–H and O–H groups in total. The fourth-order valence-corrected chi connectivity index (χ4v) is 5.76. The Balaban J connectivity index is 1.54. The molecule has 1 fully saturated rings. The zero-order valence-corrected chi connectivity index (χ0v) is 14.7. The van der Waals surface area contributed by atoms with E-state index in [9.17, 15) is 4.39 Å². The lowest BCUT2D eigenvalue weighted by molar-refractivity contribution is 0.591. The number of halogens is 1.